The Labute approximate surface area is 128 Å². The maximum Gasteiger partial charge on any atom is 0.340 e. The van der Waals surface area contributed by atoms with Crippen LogP contribution >= 0.6 is 0 Å². The second kappa shape index (κ2) is 4.59. The molecule has 21 heavy (non-hydrogen) atoms. The van der Waals surface area contributed by atoms with E-state index in [2.05, 4.69) is 70.4 Å². The van der Waals surface area contributed by atoms with E-state index in [9.17, 15) is 0 Å². The summed E-state index contributed by atoms with van der Waals surface area (Å²) in [5.41, 5.74) is 2.62. The van der Waals surface area contributed by atoms with Crippen LogP contribution in [-0.2, 0) is 16.8 Å². The van der Waals surface area contributed by atoms with Crippen molar-refractivity contribution in [2.45, 2.75) is 71.6 Å². The first-order valence-corrected chi connectivity index (χ1v) is 8.25. The molecule has 3 rings (SSSR count). The van der Waals surface area contributed by atoms with Crippen molar-refractivity contribution < 1.29 is 9.31 Å². The lowest BCUT2D eigenvalue weighted by Gasteiger charge is -2.41. The molecule has 0 N–H and O–H groups in total. The van der Waals surface area contributed by atoms with Crippen LogP contribution in [0.2, 0.25) is 0 Å². The molecule has 0 fully saturated rings. The van der Waals surface area contributed by atoms with Crippen molar-refractivity contribution in [2.75, 3.05) is 0 Å². The summed E-state index contributed by atoms with van der Waals surface area (Å²) in [5.74, 6) is 1.57. The van der Waals surface area contributed by atoms with Gasteiger partial charge in [0.05, 0.1) is 5.92 Å². The van der Waals surface area contributed by atoms with Crippen LogP contribution in [0.15, 0.2) is 24.3 Å². The zero-order valence-electron chi connectivity index (χ0n) is 14.2. The quantitative estimate of drug-likeness (QED) is 0.745. The Morgan fingerprint density at radius 3 is 2.38 bits per heavy atom. The Morgan fingerprint density at radius 2 is 1.76 bits per heavy atom. The highest BCUT2D eigenvalue weighted by Gasteiger charge is 2.66. The third kappa shape index (κ3) is 1.81. The lowest BCUT2D eigenvalue weighted by Crippen LogP contribution is -2.55. The maximum absolute atomic E-state index is 6.66. The van der Waals surface area contributed by atoms with E-state index in [0.717, 1.165) is 18.7 Å². The topological polar surface area (TPSA) is 12.2 Å². The normalized spacial score (nSPS) is 31.4. The van der Waals surface area contributed by atoms with Gasteiger partial charge < -0.3 is 4.74 Å². The molecule has 0 bridgehead atoms. The van der Waals surface area contributed by atoms with E-state index in [1.165, 1.54) is 11.1 Å². The summed E-state index contributed by atoms with van der Waals surface area (Å²) in [7, 11) is 0. The Kier molecular flexibility index (Phi) is 3.20. The van der Waals surface area contributed by atoms with E-state index in [4.69, 9.17) is 4.74 Å². The summed E-state index contributed by atoms with van der Waals surface area (Å²) < 4.78 is 9.21. The molecule has 114 valence electrons. The van der Waals surface area contributed by atoms with Crippen LogP contribution in [0.1, 0.15) is 59.1 Å². The molecular formula is C19H28NO+. The third-order valence-corrected chi connectivity index (χ3v) is 5.53. The molecule has 0 aromatic heterocycles. The summed E-state index contributed by atoms with van der Waals surface area (Å²) in [6.07, 6.45) is 2.29. The number of aryl methyl sites for hydroxylation is 1. The van der Waals surface area contributed by atoms with Gasteiger partial charge in [-0.3, -0.25) is 0 Å². The van der Waals surface area contributed by atoms with Crippen LogP contribution in [-0.4, -0.2) is 22.1 Å². The van der Waals surface area contributed by atoms with Gasteiger partial charge in [-0.2, -0.15) is 4.58 Å². The number of rotatable bonds is 2. The molecule has 1 aromatic rings. The fourth-order valence-corrected chi connectivity index (χ4v) is 4.35. The van der Waals surface area contributed by atoms with E-state index in [1.54, 1.807) is 0 Å². The van der Waals surface area contributed by atoms with Gasteiger partial charge in [-0.25, -0.2) is 0 Å². The fraction of sp³-hybridized carbons (Fsp3) is 0.632. The SMILES string of the molecule is CC(C)C1=[N+](C(C)C)[C@@]2(C)CCc3ccccc3[C@@]2(C)O1. The molecular weight excluding hydrogens is 258 g/mol. The molecule has 2 heteroatoms. The monoisotopic (exact) mass is 286 g/mol. The minimum Gasteiger partial charge on any atom is -0.429 e. The highest BCUT2D eigenvalue weighted by molar-refractivity contribution is 5.76. The van der Waals surface area contributed by atoms with Gasteiger partial charge in [-0.15, -0.1) is 0 Å². The number of ether oxygens (including phenoxy) is 1. The first-order valence-electron chi connectivity index (χ1n) is 8.25. The van der Waals surface area contributed by atoms with Gasteiger partial charge in [0.2, 0.25) is 11.1 Å². The summed E-state index contributed by atoms with van der Waals surface area (Å²) in [6.45, 7) is 13.7. The third-order valence-electron chi connectivity index (χ3n) is 5.53. The van der Waals surface area contributed by atoms with Crippen LogP contribution in [0.3, 0.4) is 0 Å². The van der Waals surface area contributed by atoms with E-state index < -0.39 is 0 Å². The number of benzene rings is 1. The van der Waals surface area contributed by atoms with Gasteiger partial charge in [0, 0.05) is 18.9 Å². The van der Waals surface area contributed by atoms with E-state index in [-0.39, 0.29) is 11.1 Å². The molecule has 0 amide bonds. The molecule has 0 saturated carbocycles. The predicted octanol–water partition coefficient (Wildman–Crippen LogP) is 4.11. The molecule has 1 aliphatic carbocycles. The van der Waals surface area contributed by atoms with E-state index in [0.29, 0.717) is 12.0 Å². The second-order valence-electron chi connectivity index (χ2n) is 7.52. The molecule has 0 radical (unpaired) electrons. The highest BCUT2D eigenvalue weighted by atomic mass is 16.5. The van der Waals surface area contributed by atoms with Gasteiger partial charge in [-0.1, -0.05) is 24.3 Å². The van der Waals surface area contributed by atoms with Crippen LogP contribution in [0, 0.1) is 5.92 Å². The van der Waals surface area contributed by atoms with Gasteiger partial charge in [0.15, 0.2) is 6.04 Å². The molecule has 2 atom stereocenters. The van der Waals surface area contributed by atoms with Gasteiger partial charge in [0.25, 0.3) is 0 Å². The highest BCUT2D eigenvalue weighted by Crippen LogP contribution is 2.51. The van der Waals surface area contributed by atoms with Gasteiger partial charge >= 0.3 is 5.90 Å². The van der Waals surface area contributed by atoms with E-state index >= 15 is 0 Å². The maximum atomic E-state index is 6.66. The average Bonchev–Trinajstić information content (AvgIpc) is 2.68. The van der Waals surface area contributed by atoms with Gasteiger partial charge in [0.1, 0.15) is 0 Å². The van der Waals surface area contributed by atoms with Crippen LogP contribution in [0.25, 0.3) is 0 Å². The number of nitrogens with zero attached hydrogens (tertiary/aromatic N) is 1. The number of fused-ring (bicyclic) bond motifs is 3. The van der Waals surface area contributed by atoms with Crippen molar-refractivity contribution in [1.82, 2.24) is 0 Å². The minimum absolute atomic E-state index is 0.0368. The smallest absolute Gasteiger partial charge is 0.340 e. The van der Waals surface area contributed by atoms with Crippen molar-refractivity contribution >= 4 is 5.90 Å². The Morgan fingerprint density at radius 1 is 1.10 bits per heavy atom. The molecule has 0 spiro atoms. The average molecular weight is 286 g/mol. The molecule has 1 heterocycles. The summed E-state index contributed by atoms with van der Waals surface area (Å²) >= 11 is 0. The molecule has 1 aromatic carbocycles. The molecule has 0 unspecified atom stereocenters. The summed E-state index contributed by atoms with van der Waals surface area (Å²) in [6, 6.07) is 9.27. The zero-order chi connectivity index (χ0) is 15.4. The van der Waals surface area contributed by atoms with Crippen molar-refractivity contribution in [3.63, 3.8) is 0 Å². The summed E-state index contributed by atoms with van der Waals surface area (Å²) in [5, 5.41) is 0. The largest absolute Gasteiger partial charge is 0.429 e. The summed E-state index contributed by atoms with van der Waals surface area (Å²) in [4.78, 5) is 0. The van der Waals surface area contributed by atoms with Crippen molar-refractivity contribution in [2.24, 2.45) is 5.92 Å². The minimum atomic E-state index is -0.244. The Hall–Kier alpha value is -1.31. The lowest BCUT2D eigenvalue weighted by atomic mass is 9.68. The van der Waals surface area contributed by atoms with Crippen molar-refractivity contribution in [1.29, 1.82) is 0 Å². The number of hydrogen-bond acceptors (Lipinski definition) is 1. The van der Waals surface area contributed by atoms with Crippen molar-refractivity contribution in [3.05, 3.63) is 35.4 Å². The molecule has 0 saturated heterocycles. The van der Waals surface area contributed by atoms with Gasteiger partial charge in [-0.05, 0) is 46.6 Å². The first-order chi connectivity index (χ1) is 9.81. The zero-order valence-corrected chi connectivity index (χ0v) is 14.2. The molecule has 1 aliphatic heterocycles. The van der Waals surface area contributed by atoms with Crippen LogP contribution in [0.4, 0.5) is 0 Å². The standard InChI is InChI=1S/C19H28NO/c1-13(2)17-20(14(3)4)18(5)12-11-15-9-7-8-10-16(15)19(18,6)21-17/h7-10,13-14H,11-12H2,1-6H3/q+1/t18-,19+/m0/s1. The second-order valence-corrected chi connectivity index (χ2v) is 7.52. The molecule has 2 aliphatic rings. The Bertz CT molecular complexity index is 601. The molecule has 2 nitrogen and oxygen atoms in total. The first kappa shape index (κ1) is 14.6. The van der Waals surface area contributed by atoms with Crippen LogP contribution in [0.5, 0.6) is 0 Å². The van der Waals surface area contributed by atoms with Crippen LogP contribution < -0.4 is 0 Å². The fourth-order valence-electron chi connectivity index (χ4n) is 4.35. The lowest BCUT2D eigenvalue weighted by molar-refractivity contribution is -0.635. The van der Waals surface area contributed by atoms with E-state index in [1.807, 2.05) is 0 Å². The number of hydrogen-bond donors (Lipinski definition) is 0. The van der Waals surface area contributed by atoms with Crippen molar-refractivity contribution in [3.8, 4) is 0 Å². The predicted molar refractivity (Wildman–Crippen MR) is 86.8 cm³/mol. The Balaban J connectivity index is 2.21.